The second kappa shape index (κ2) is 8.39. The monoisotopic (exact) mass is 432 g/mol. The van der Waals surface area contributed by atoms with Crippen LogP contribution >= 0.6 is 22.9 Å². The van der Waals surface area contributed by atoms with E-state index in [2.05, 4.69) is 10.3 Å². The molecule has 3 aromatic rings. The molecule has 1 amide bonds. The fourth-order valence-electron chi connectivity index (χ4n) is 2.33. The van der Waals surface area contributed by atoms with E-state index < -0.39 is 22.5 Å². The summed E-state index contributed by atoms with van der Waals surface area (Å²) in [4.78, 5) is 16.6. The molecule has 0 aliphatic carbocycles. The molecular formula is C18H13ClN4O3S2. The van der Waals surface area contributed by atoms with Crippen LogP contribution in [-0.4, -0.2) is 25.9 Å². The molecule has 0 radical (unpaired) electrons. The van der Waals surface area contributed by atoms with Crippen LogP contribution in [0, 0.1) is 11.3 Å². The third-order valence-corrected chi connectivity index (χ3v) is 6.60. The van der Waals surface area contributed by atoms with Gasteiger partial charge < -0.3 is 5.32 Å². The maximum absolute atomic E-state index is 13.0. The SMILES string of the molecule is N#Cc1ccc(NC(=O)CN(c2nccs2)S(=O)(=O)c2ccccc2)cc1Cl. The number of sulfonamides is 1. The number of thiazole rings is 1. The van der Waals surface area contributed by atoms with E-state index in [4.69, 9.17) is 16.9 Å². The molecule has 0 bridgehead atoms. The Hall–Kier alpha value is -2.93. The lowest BCUT2D eigenvalue weighted by Crippen LogP contribution is -2.38. The average molecular weight is 433 g/mol. The Morgan fingerprint density at radius 2 is 2.00 bits per heavy atom. The van der Waals surface area contributed by atoms with E-state index >= 15 is 0 Å². The zero-order valence-corrected chi connectivity index (χ0v) is 16.6. The normalized spacial score (nSPS) is 10.9. The number of nitrogens with zero attached hydrogens (tertiary/aromatic N) is 3. The summed E-state index contributed by atoms with van der Waals surface area (Å²) in [6.07, 6.45) is 1.46. The number of nitrogens with one attached hydrogen (secondary N) is 1. The third-order valence-electron chi connectivity index (χ3n) is 3.62. The van der Waals surface area contributed by atoms with E-state index in [0.29, 0.717) is 5.69 Å². The van der Waals surface area contributed by atoms with Gasteiger partial charge in [-0.1, -0.05) is 29.8 Å². The standard InChI is InChI=1S/C18H13ClN4O3S2/c19-16-10-14(7-6-13(16)11-20)22-17(24)12-23(18-21-8-9-27-18)28(25,26)15-4-2-1-3-5-15/h1-10H,12H2,(H,22,24). The summed E-state index contributed by atoms with van der Waals surface area (Å²) in [7, 11) is -3.98. The first kappa shape index (κ1) is 19.8. The highest BCUT2D eigenvalue weighted by Crippen LogP contribution is 2.26. The number of anilines is 2. The number of carbonyl (C=O) groups excluding carboxylic acids is 1. The number of benzene rings is 2. The lowest BCUT2D eigenvalue weighted by molar-refractivity contribution is -0.114. The van der Waals surface area contributed by atoms with Crippen LogP contribution in [0.4, 0.5) is 10.8 Å². The van der Waals surface area contributed by atoms with Gasteiger partial charge in [0.05, 0.1) is 15.5 Å². The smallest absolute Gasteiger partial charge is 0.266 e. The Bertz CT molecular complexity index is 1130. The Labute approximate surface area is 170 Å². The molecule has 0 atom stereocenters. The van der Waals surface area contributed by atoms with Gasteiger partial charge in [0.2, 0.25) is 5.91 Å². The highest BCUT2D eigenvalue weighted by Gasteiger charge is 2.28. The number of aromatic nitrogens is 1. The summed E-state index contributed by atoms with van der Waals surface area (Å²) in [5.74, 6) is -0.574. The summed E-state index contributed by atoms with van der Waals surface area (Å²) in [5.41, 5.74) is 0.626. The Morgan fingerprint density at radius 1 is 1.25 bits per heavy atom. The summed E-state index contributed by atoms with van der Waals surface area (Å²) in [5, 5.41) is 13.5. The second-order valence-electron chi connectivity index (χ2n) is 5.49. The van der Waals surface area contributed by atoms with Crippen molar-refractivity contribution in [2.75, 3.05) is 16.2 Å². The first-order valence-corrected chi connectivity index (χ1v) is 10.6. The van der Waals surface area contributed by atoms with Gasteiger partial charge in [-0.3, -0.25) is 4.79 Å². The summed E-state index contributed by atoms with van der Waals surface area (Å²) >= 11 is 7.07. The molecule has 1 aromatic heterocycles. The average Bonchev–Trinajstić information content (AvgIpc) is 3.21. The molecule has 1 heterocycles. The first-order chi connectivity index (χ1) is 13.4. The first-order valence-electron chi connectivity index (χ1n) is 7.88. The molecule has 0 aliphatic rings. The van der Waals surface area contributed by atoms with Gasteiger partial charge in [-0.2, -0.15) is 5.26 Å². The fourth-order valence-corrected chi connectivity index (χ4v) is 4.82. The molecule has 10 heteroatoms. The predicted octanol–water partition coefficient (Wildman–Crippen LogP) is 3.50. The predicted molar refractivity (Wildman–Crippen MR) is 108 cm³/mol. The topological polar surface area (TPSA) is 103 Å². The van der Waals surface area contributed by atoms with Crippen LogP contribution < -0.4 is 9.62 Å². The van der Waals surface area contributed by atoms with Gasteiger partial charge in [0.1, 0.15) is 12.6 Å². The largest absolute Gasteiger partial charge is 0.324 e. The van der Waals surface area contributed by atoms with E-state index in [0.717, 1.165) is 15.6 Å². The molecule has 2 aromatic carbocycles. The van der Waals surface area contributed by atoms with Crippen molar-refractivity contribution >= 4 is 49.7 Å². The summed E-state index contributed by atoms with van der Waals surface area (Å²) in [6.45, 7) is -0.470. The van der Waals surface area contributed by atoms with E-state index in [1.165, 1.54) is 36.5 Å². The summed E-state index contributed by atoms with van der Waals surface area (Å²) in [6, 6.07) is 14.2. The highest BCUT2D eigenvalue weighted by molar-refractivity contribution is 7.93. The number of hydrogen-bond acceptors (Lipinski definition) is 6. The van der Waals surface area contributed by atoms with E-state index in [9.17, 15) is 13.2 Å². The van der Waals surface area contributed by atoms with Gasteiger partial charge in [-0.25, -0.2) is 17.7 Å². The van der Waals surface area contributed by atoms with E-state index in [1.807, 2.05) is 6.07 Å². The van der Waals surface area contributed by atoms with Crippen molar-refractivity contribution in [3.63, 3.8) is 0 Å². The molecule has 0 saturated heterocycles. The minimum absolute atomic E-state index is 0.0550. The van der Waals surface area contributed by atoms with Gasteiger partial charge in [0.15, 0.2) is 5.13 Å². The number of rotatable bonds is 6. The van der Waals surface area contributed by atoms with E-state index in [1.54, 1.807) is 23.6 Å². The Balaban J connectivity index is 1.86. The van der Waals surface area contributed by atoms with Crippen molar-refractivity contribution in [2.45, 2.75) is 4.90 Å². The lowest BCUT2D eigenvalue weighted by Gasteiger charge is -2.21. The molecule has 142 valence electrons. The van der Waals surface area contributed by atoms with Gasteiger partial charge in [-0.05, 0) is 30.3 Å². The Morgan fingerprint density at radius 3 is 2.61 bits per heavy atom. The fraction of sp³-hybridized carbons (Fsp3) is 0.0556. The zero-order chi connectivity index (χ0) is 20.1. The molecule has 28 heavy (non-hydrogen) atoms. The van der Waals surface area contributed by atoms with Gasteiger partial charge >= 0.3 is 0 Å². The molecule has 1 N–H and O–H groups in total. The molecule has 0 unspecified atom stereocenters. The molecule has 7 nitrogen and oxygen atoms in total. The molecular weight excluding hydrogens is 420 g/mol. The maximum Gasteiger partial charge on any atom is 0.266 e. The molecule has 3 rings (SSSR count). The molecule has 0 saturated carbocycles. The maximum atomic E-state index is 13.0. The number of carbonyl (C=O) groups is 1. The van der Waals surface area contributed by atoms with Crippen LogP contribution in [0.1, 0.15) is 5.56 Å². The van der Waals surface area contributed by atoms with Crippen molar-refractivity contribution in [1.29, 1.82) is 5.26 Å². The van der Waals surface area contributed by atoms with Crippen LogP contribution in [0.25, 0.3) is 0 Å². The van der Waals surface area contributed by atoms with Gasteiger partial charge in [0.25, 0.3) is 10.0 Å². The number of hydrogen-bond donors (Lipinski definition) is 1. The highest BCUT2D eigenvalue weighted by atomic mass is 35.5. The minimum Gasteiger partial charge on any atom is -0.324 e. The van der Waals surface area contributed by atoms with Crippen LogP contribution in [0.15, 0.2) is 65.0 Å². The second-order valence-corrected chi connectivity index (χ2v) is 8.64. The lowest BCUT2D eigenvalue weighted by atomic mass is 10.2. The minimum atomic E-state index is -3.98. The van der Waals surface area contributed by atoms with Gasteiger partial charge in [0, 0.05) is 17.3 Å². The van der Waals surface area contributed by atoms with Crippen molar-refractivity contribution in [3.8, 4) is 6.07 Å². The number of amides is 1. The van der Waals surface area contributed by atoms with Crippen molar-refractivity contribution < 1.29 is 13.2 Å². The van der Waals surface area contributed by atoms with Crippen LogP contribution in [-0.2, 0) is 14.8 Å². The Kier molecular flexibility index (Phi) is 5.94. The third kappa shape index (κ3) is 4.31. The van der Waals surface area contributed by atoms with Crippen molar-refractivity contribution in [2.24, 2.45) is 0 Å². The van der Waals surface area contributed by atoms with E-state index in [-0.39, 0.29) is 20.6 Å². The van der Waals surface area contributed by atoms with Crippen LogP contribution in [0.5, 0.6) is 0 Å². The molecule has 0 aliphatic heterocycles. The van der Waals surface area contributed by atoms with Crippen molar-refractivity contribution in [3.05, 3.63) is 70.7 Å². The summed E-state index contributed by atoms with van der Waals surface area (Å²) < 4.78 is 27.0. The van der Waals surface area contributed by atoms with Crippen LogP contribution in [0.3, 0.4) is 0 Å². The van der Waals surface area contributed by atoms with Gasteiger partial charge in [-0.15, -0.1) is 11.3 Å². The zero-order valence-electron chi connectivity index (χ0n) is 14.2. The molecule has 0 spiro atoms. The quantitative estimate of drug-likeness (QED) is 0.642. The number of halogens is 1. The van der Waals surface area contributed by atoms with Crippen LogP contribution in [0.2, 0.25) is 5.02 Å². The molecule has 0 fully saturated rings. The number of nitriles is 1. The van der Waals surface area contributed by atoms with Crippen molar-refractivity contribution in [1.82, 2.24) is 4.98 Å².